The van der Waals surface area contributed by atoms with Crippen LogP contribution in [0.3, 0.4) is 0 Å². The molecule has 1 aromatic carbocycles. The summed E-state index contributed by atoms with van der Waals surface area (Å²) in [5, 5.41) is 3.35. The van der Waals surface area contributed by atoms with E-state index in [9.17, 15) is 4.39 Å². The summed E-state index contributed by atoms with van der Waals surface area (Å²) >= 11 is 2.00. The van der Waals surface area contributed by atoms with Gasteiger partial charge in [-0.3, -0.25) is 4.99 Å². The lowest BCUT2D eigenvalue weighted by molar-refractivity contribution is 0.376. The number of benzene rings is 1. The number of hydrogen-bond acceptors (Lipinski definition) is 2. The number of halogens is 2. The van der Waals surface area contributed by atoms with Gasteiger partial charge in [0, 0.05) is 37.2 Å². The fraction of sp³-hybridized carbons (Fsp3) is 0.562. The van der Waals surface area contributed by atoms with Gasteiger partial charge in [0.1, 0.15) is 5.82 Å². The predicted molar refractivity (Wildman–Crippen MR) is 105 cm³/mol. The molecule has 1 fully saturated rings. The summed E-state index contributed by atoms with van der Waals surface area (Å²) in [6.45, 7) is 7.20. The number of nitrogens with zero attached hydrogens (tertiary/aromatic N) is 2. The highest BCUT2D eigenvalue weighted by atomic mass is 127. The summed E-state index contributed by atoms with van der Waals surface area (Å²) in [5.41, 5.74) is 0.745. The summed E-state index contributed by atoms with van der Waals surface area (Å²) < 4.78 is 13.8. The van der Waals surface area contributed by atoms with Gasteiger partial charge in [-0.1, -0.05) is 18.2 Å². The van der Waals surface area contributed by atoms with E-state index in [1.54, 1.807) is 13.1 Å². The molecule has 2 rings (SSSR count). The second-order valence-corrected chi connectivity index (χ2v) is 7.65. The number of nitrogens with one attached hydrogen (secondary N) is 1. The predicted octanol–water partition coefficient (Wildman–Crippen LogP) is 3.39. The number of rotatable bonds is 3. The van der Waals surface area contributed by atoms with Crippen LogP contribution in [-0.4, -0.2) is 48.0 Å². The normalized spacial score (nSPS) is 17.8. The number of thioether (sulfide) groups is 1. The molecule has 0 saturated carbocycles. The minimum Gasteiger partial charge on any atom is -0.356 e. The highest BCUT2D eigenvalue weighted by Crippen LogP contribution is 2.29. The second kappa shape index (κ2) is 8.96. The van der Waals surface area contributed by atoms with Gasteiger partial charge in [-0.15, -0.1) is 24.0 Å². The Morgan fingerprint density at radius 1 is 1.41 bits per heavy atom. The maximum absolute atomic E-state index is 13.6. The van der Waals surface area contributed by atoms with Gasteiger partial charge in [-0.2, -0.15) is 11.8 Å². The van der Waals surface area contributed by atoms with Crippen molar-refractivity contribution < 1.29 is 4.39 Å². The van der Waals surface area contributed by atoms with E-state index in [2.05, 4.69) is 29.1 Å². The Morgan fingerprint density at radius 3 is 2.77 bits per heavy atom. The molecule has 0 spiro atoms. The van der Waals surface area contributed by atoms with Crippen molar-refractivity contribution in [2.24, 2.45) is 4.99 Å². The Morgan fingerprint density at radius 2 is 2.14 bits per heavy atom. The summed E-state index contributed by atoms with van der Waals surface area (Å²) in [5.74, 6) is 1.89. The first-order chi connectivity index (χ1) is 10.0. The van der Waals surface area contributed by atoms with Crippen molar-refractivity contribution >= 4 is 41.7 Å². The number of guanidine groups is 1. The van der Waals surface area contributed by atoms with E-state index in [1.807, 2.05) is 23.9 Å². The van der Waals surface area contributed by atoms with Crippen molar-refractivity contribution in [1.82, 2.24) is 10.2 Å². The lowest BCUT2D eigenvalue weighted by Gasteiger charge is -2.39. The molecular formula is C16H25FIN3S. The summed E-state index contributed by atoms with van der Waals surface area (Å²) in [6.07, 6.45) is 0.664. The van der Waals surface area contributed by atoms with E-state index in [4.69, 9.17) is 0 Å². The molecule has 1 heterocycles. The van der Waals surface area contributed by atoms with E-state index < -0.39 is 0 Å². The lowest BCUT2D eigenvalue weighted by atomic mass is 10.1. The van der Waals surface area contributed by atoms with Crippen molar-refractivity contribution in [3.8, 4) is 0 Å². The Kier molecular flexibility index (Phi) is 7.96. The molecule has 0 amide bonds. The number of hydrogen-bond donors (Lipinski definition) is 1. The molecule has 0 bridgehead atoms. The van der Waals surface area contributed by atoms with Gasteiger partial charge in [0.25, 0.3) is 0 Å². The monoisotopic (exact) mass is 437 g/mol. The molecule has 6 heteroatoms. The van der Waals surface area contributed by atoms with Gasteiger partial charge < -0.3 is 10.2 Å². The maximum Gasteiger partial charge on any atom is 0.193 e. The van der Waals surface area contributed by atoms with E-state index >= 15 is 0 Å². The third-order valence-electron chi connectivity index (χ3n) is 3.57. The average Bonchev–Trinajstić information content (AvgIpc) is 2.44. The first-order valence-electron chi connectivity index (χ1n) is 7.35. The molecule has 22 heavy (non-hydrogen) atoms. The zero-order chi connectivity index (χ0) is 15.3. The van der Waals surface area contributed by atoms with Crippen LogP contribution in [-0.2, 0) is 6.42 Å². The van der Waals surface area contributed by atoms with E-state index in [-0.39, 0.29) is 34.5 Å². The minimum absolute atomic E-state index is 0. The second-order valence-electron chi connectivity index (χ2n) is 5.85. The molecule has 1 aromatic rings. The van der Waals surface area contributed by atoms with Crippen LogP contribution in [0.2, 0.25) is 0 Å². The highest BCUT2D eigenvalue weighted by molar-refractivity contribution is 14.0. The van der Waals surface area contributed by atoms with Crippen molar-refractivity contribution in [1.29, 1.82) is 0 Å². The third-order valence-corrected chi connectivity index (χ3v) is 4.87. The van der Waals surface area contributed by atoms with Gasteiger partial charge in [-0.05, 0) is 31.9 Å². The molecule has 0 aliphatic carbocycles. The van der Waals surface area contributed by atoms with Gasteiger partial charge >= 0.3 is 0 Å². The Balaban J connectivity index is 0.00000242. The van der Waals surface area contributed by atoms with E-state index in [0.717, 1.165) is 30.4 Å². The van der Waals surface area contributed by atoms with Gasteiger partial charge in [-0.25, -0.2) is 4.39 Å². The van der Waals surface area contributed by atoms with Gasteiger partial charge in [0.05, 0.1) is 0 Å². The number of aliphatic imine (C=N–C) groups is 1. The quantitative estimate of drug-likeness (QED) is 0.447. The van der Waals surface area contributed by atoms with Crippen molar-refractivity contribution in [2.75, 3.05) is 32.4 Å². The molecule has 0 atom stereocenters. The standard InChI is InChI=1S/C16H24FN3S.HI/c1-16(2)12-20(10-11-21-16)15(18-3)19-9-8-13-6-4-5-7-14(13)17;/h4-7H,8-12H2,1-3H3,(H,18,19);1H. The van der Waals surface area contributed by atoms with Crippen LogP contribution in [0.5, 0.6) is 0 Å². The largest absolute Gasteiger partial charge is 0.356 e. The summed E-state index contributed by atoms with van der Waals surface area (Å²) in [6, 6.07) is 6.94. The Bertz CT molecular complexity index is 508. The fourth-order valence-electron chi connectivity index (χ4n) is 2.54. The average molecular weight is 437 g/mol. The molecule has 0 unspecified atom stereocenters. The Labute approximate surface area is 154 Å². The Hall–Kier alpha value is -0.500. The van der Waals surface area contributed by atoms with Crippen LogP contribution >= 0.6 is 35.7 Å². The zero-order valence-corrected chi connectivity index (χ0v) is 16.6. The molecule has 124 valence electrons. The lowest BCUT2D eigenvalue weighted by Crippen LogP contribution is -2.51. The zero-order valence-electron chi connectivity index (χ0n) is 13.4. The van der Waals surface area contributed by atoms with Crippen LogP contribution in [0.1, 0.15) is 19.4 Å². The maximum atomic E-state index is 13.6. The SMILES string of the molecule is CN=C(NCCc1ccccc1F)N1CCSC(C)(C)C1.I. The van der Waals surface area contributed by atoms with Crippen molar-refractivity contribution in [2.45, 2.75) is 25.0 Å². The molecule has 0 aromatic heterocycles. The molecule has 1 N–H and O–H groups in total. The van der Waals surface area contributed by atoms with Crippen LogP contribution in [0.4, 0.5) is 4.39 Å². The van der Waals surface area contributed by atoms with Crippen molar-refractivity contribution in [3.63, 3.8) is 0 Å². The minimum atomic E-state index is -0.134. The molecular weight excluding hydrogens is 412 g/mol. The van der Waals surface area contributed by atoms with E-state index in [0.29, 0.717) is 13.0 Å². The molecule has 1 saturated heterocycles. The fourth-order valence-corrected chi connectivity index (χ4v) is 3.65. The van der Waals surface area contributed by atoms with Gasteiger partial charge in [0.2, 0.25) is 0 Å². The molecule has 1 aliphatic heterocycles. The van der Waals surface area contributed by atoms with E-state index in [1.165, 1.54) is 6.07 Å². The van der Waals surface area contributed by atoms with Gasteiger partial charge in [0.15, 0.2) is 5.96 Å². The molecule has 1 aliphatic rings. The van der Waals surface area contributed by atoms with Crippen LogP contribution < -0.4 is 5.32 Å². The van der Waals surface area contributed by atoms with Crippen molar-refractivity contribution in [3.05, 3.63) is 35.6 Å². The van der Waals surface area contributed by atoms with Crippen LogP contribution in [0, 0.1) is 5.82 Å². The van der Waals surface area contributed by atoms with Crippen LogP contribution in [0.25, 0.3) is 0 Å². The third kappa shape index (κ3) is 5.61. The molecule has 3 nitrogen and oxygen atoms in total. The highest BCUT2D eigenvalue weighted by Gasteiger charge is 2.28. The summed E-state index contributed by atoms with van der Waals surface area (Å²) in [4.78, 5) is 6.65. The topological polar surface area (TPSA) is 27.6 Å². The van der Waals surface area contributed by atoms with Crippen LogP contribution in [0.15, 0.2) is 29.3 Å². The smallest absolute Gasteiger partial charge is 0.193 e. The summed E-state index contributed by atoms with van der Waals surface area (Å²) in [7, 11) is 1.81. The molecule has 0 radical (unpaired) electrons. The first kappa shape index (κ1) is 19.5. The first-order valence-corrected chi connectivity index (χ1v) is 8.33.